The predicted octanol–water partition coefficient (Wildman–Crippen LogP) is 3.58. The number of aromatic nitrogens is 1. The van der Waals surface area contributed by atoms with Crippen molar-refractivity contribution in [3.63, 3.8) is 0 Å². The summed E-state index contributed by atoms with van der Waals surface area (Å²) < 4.78 is 0.993. The summed E-state index contributed by atoms with van der Waals surface area (Å²) in [5.41, 5.74) is 1.30. The Kier molecular flexibility index (Phi) is 4.24. The molecule has 1 aliphatic carbocycles. The van der Waals surface area contributed by atoms with E-state index in [1.165, 1.54) is 0 Å². The number of hydrogen-bond donors (Lipinski definition) is 1. The number of amides is 1. The SMILES string of the molecule is CC1(C)C(C(=O)NCCCc2ccc(Br)cn2)C1(C)C. The van der Waals surface area contributed by atoms with Gasteiger partial charge in [-0.2, -0.15) is 0 Å². The number of hydrogen-bond acceptors (Lipinski definition) is 2. The van der Waals surface area contributed by atoms with Crippen LogP contribution >= 0.6 is 15.9 Å². The fourth-order valence-electron chi connectivity index (χ4n) is 2.99. The highest BCUT2D eigenvalue weighted by Crippen LogP contribution is 2.68. The molecule has 1 N–H and O–H groups in total. The minimum atomic E-state index is 0.115. The Bertz CT molecular complexity index is 480. The van der Waals surface area contributed by atoms with Gasteiger partial charge in [-0.1, -0.05) is 27.7 Å². The van der Waals surface area contributed by atoms with Crippen LogP contribution in [-0.2, 0) is 11.2 Å². The van der Waals surface area contributed by atoms with Gasteiger partial charge in [0.15, 0.2) is 0 Å². The molecule has 2 rings (SSSR count). The van der Waals surface area contributed by atoms with E-state index >= 15 is 0 Å². The molecule has 0 spiro atoms. The molecule has 1 saturated carbocycles. The molecule has 0 saturated heterocycles. The molecule has 0 unspecified atom stereocenters. The molecule has 1 aliphatic rings. The van der Waals surface area contributed by atoms with Gasteiger partial charge in [-0.25, -0.2) is 0 Å². The first-order chi connectivity index (χ1) is 9.26. The first-order valence-corrected chi connectivity index (χ1v) is 7.94. The second kappa shape index (κ2) is 5.47. The van der Waals surface area contributed by atoms with Crippen molar-refractivity contribution < 1.29 is 4.79 Å². The Morgan fingerprint density at radius 3 is 2.45 bits per heavy atom. The van der Waals surface area contributed by atoms with Gasteiger partial charge in [-0.3, -0.25) is 9.78 Å². The van der Waals surface area contributed by atoms with Crippen LogP contribution in [0.1, 0.15) is 39.8 Å². The molecule has 0 radical (unpaired) electrons. The Hall–Kier alpha value is -0.900. The molecule has 3 nitrogen and oxygen atoms in total. The lowest BCUT2D eigenvalue weighted by Gasteiger charge is -2.06. The van der Waals surface area contributed by atoms with Crippen molar-refractivity contribution in [2.75, 3.05) is 6.54 Å². The van der Waals surface area contributed by atoms with E-state index in [1.54, 1.807) is 0 Å². The summed E-state index contributed by atoms with van der Waals surface area (Å²) in [5, 5.41) is 3.06. The third kappa shape index (κ3) is 2.90. The largest absolute Gasteiger partial charge is 0.356 e. The summed E-state index contributed by atoms with van der Waals surface area (Å²) in [6, 6.07) is 4.01. The molecule has 1 aromatic rings. The Balaban J connectivity index is 1.72. The molecule has 0 aliphatic heterocycles. The number of halogens is 1. The van der Waals surface area contributed by atoms with Crippen LogP contribution in [-0.4, -0.2) is 17.4 Å². The zero-order chi connectivity index (χ0) is 15.0. The molecule has 0 atom stereocenters. The highest BCUT2D eigenvalue weighted by Gasteiger charge is 2.68. The van der Waals surface area contributed by atoms with Gasteiger partial charge < -0.3 is 5.32 Å². The van der Waals surface area contributed by atoms with E-state index in [9.17, 15) is 4.79 Å². The second-order valence-electron chi connectivity index (χ2n) is 6.74. The van der Waals surface area contributed by atoms with E-state index in [4.69, 9.17) is 0 Å². The minimum absolute atomic E-state index is 0.115. The quantitative estimate of drug-likeness (QED) is 0.834. The van der Waals surface area contributed by atoms with Crippen molar-refractivity contribution in [1.29, 1.82) is 0 Å². The van der Waals surface area contributed by atoms with Crippen LogP contribution in [0.5, 0.6) is 0 Å². The van der Waals surface area contributed by atoms with Gasteiger partial charge in [0, 0.05) is 28.8 Å². The number of rotatable bonds is 5. The standard InChI is InChI=1S/C16H23BrN2O/c1-15(2)13(16(15,3)4)14(20)18-9-5-6-12-8-7-11(17)10-19-12/h7-8,10,13H,5-6,9H2,1-4H3,(H,18,20). The highest BCUT2D eigenvalue weighted by atomic mass is 79.9. The van der Waals surface area contributed by atoms with Crippen molar-refractivity contribution >= 4 is 21.8 Å². The molecule has 0 aromatic carbocycles. The maximum atomic E-state index is 12.2. The highest BCUT2D eigenvalue weighted by molar-refractivity contribution is 9.10. The van der Waals surface area contributed by atoms with Crippen LogP contribution in [0.15, 0.2) is 22.8 Å². The average molecular weight is 339 g/mol. The molecule has 110 valence electrons. The molecule has 1 fully saturated rings. The van der Waals surface area contributed by atoms with E-state index in [0.717, 1.165) is 29.6 Å². The summed E-state index contributed by atoms with van der Waals surface area (Å²) in [6.45, 7) is 9.40. The average Bonchev–Trinajstić information content (AvgIpc) is 2.77. The van der Waals surface area contributed by atoms with E-state index in [0.29, 0.717) is 0 Å². The summed E-state index contributed by atoms with van der Waals surface area (Å²) >= 11 is 3.37. The Labute approximate surface area is 129 Å². The van der Waals surface area contributed by atoms with Gasteiger partial charge >= 0.3 is 0 Å². The summed E-state index contributed by atoms with van der Waals surface area (Å²) in [5.74, 6) is 0.338. The zero-order valence-electron chi connectivity index (χ0n) is 12.7. The van der Waals surface area contributed by atoms with Gasteiger partial charge in [0.05, 0.1) is 0 Å². The Morgan fingerprint density at radius 1 is 1.30 bits per heavy atom. The van der Waals surface area contributed by atoms with Crippen LogP contribution in [0.3, 0.4) is 0 Å². The van der Waals surface area contributed by atoms with Crippen LogP contribution in [0, 0.1) is 16.7 Å². The molecule has 1 heterocycles. The summed E-state index contributed by atoms with van der Waals surface area (Å²) in [6.07, 6.45) is 3.63. The number of nitrogens with one attached hydrogen (secondary N) is 1. The number of pyridine rings is 1. The third-order valence-corrected chi connectivity index (χ3v) is 5.45. The number of aryl methyl sites for hydroxylation is 1. The normalized spacial score (nSPS) is 19.6. The van der Waals surface area contributed by atoms with Crippen molar-refractivity contribution in [3.8, 4) is 0 Å². The smallest absolute Gasteiger partial charge is 0.224 e. The maximum absolute atomic E-state index is 12.2. The first kappa shape index (κ1) is 15.5. The van der Waals surface area contributed by atoms with Crippen molar-refractivity contribution in [1.82, 2.24) is 10.3 Å². The topological polar surface area (TPSA) is 42.0 Å². The monoisotopic (exact) mass is 338 g/mol. The zero-order valence-corrected chi connectivity index (χ0v) is 14.3. The first-order valence-electron chi connectivity index (χ1n) is 7.15. The number of carbonyl (C=O) groups is 1. The van der Waals surface area contributed by atoms with Gasteiger partial charge in [0.2, 0.25) is 5.91 Å². The molecule has 0 bridgehead atoms. The van der Waals surface area contributed by atoms with Gasteiger partial charge in [0.25, 0.3) is 0 Å². The number of nitrogens with zero attached hydrogens (tertiary/aromatic N) is 1. The minimum Gasteiger partial charge on any atom is -0.356 e. The van der Waals surface area contributed by atoms with Crippen molar-refractivity contribution in [3.05, 3.63) is 28.5 Å². The lowest BCUT2D eigenvalue weighted by atomic mass is 10.0. The van der Waals surface area contributed by atoms with Gasteiger partial charge in [0.1, 0.15) is 0 Å². The maximum Gasteiger partial charge on any atom is 0.224 e. The van der Waals surface area contributed by atoms with Crippen LogP contribution < -0.4 is 5.32 Å². The fraction of sp³-hybridized carbons (Fsp3) is 0.625. The molecular formula is C16H23BrN2O. The van der Waals surface area contributed by atoms with Crippen LogP contribution in [0.25, 0.3) is 0 Å². The van der Waals surface area contributed by atoms with E-state index in [1.807, 2.05) is 18.3 Å². The second-order valence-corrected chi connectivity index (χ2v) is 7.65. The molecule has 1 amide bonds. The Morgan fingerprint density at radius 2 is 1.95 bits per heavy atom. The fourth-order valence-corrected chi connectivity index (χ4v) is 3.22. The molecular weight excluding hydrogens is 316 g/mol. The summed E-state index contributed by atoms with van der Waals surface area (Å²) in [4.78, 5) is 16.5. The van der Waals surface area contributed by atoms with Crippen molar-refractivity contribution in [2.45, 2.75) is 40.5 Å². The van der Waals surface area contributed by atoms with E-state index in [-0.39, 0.29) is 22.7 Å². The lowest BCUT2D eigenvalue weighted by Crippen LogP contribution is -2.28. The molecule has 4 heteroatoms. The van der Waals surface area contributed by atoms with Crippen LogP contribution in [0.2, 0.25) is 0 Å². The van der Waals surface area contributed by atoms with E-state index in [2.05, 4.69) is 53.9 Å². The van der Waals surface area contributed by atoms with Gasteiger partial charge in [-0.15, -0.1) is 0 Å². The van der Waals surface area contributed by atoms with Gasteiger partial charge in [-0.05, 0) is 51.7 Å². The predicted molar refractivity (Wildman–Crippen MR) is 84.3 cm³/mol. The number of carbonyl (C=O) groups excluding carboxylic acids is 1. The third-order valence-electron chi connectivity index (χ3n) is 4.98. The lowest BCUT2D eigenvalue weighted by molar-refractivity contribution is -0.123. The molecule has 20 heavy (non-hydrogen) atoms. The molecule has 1 aromatic heterocycles. The van der Waals surface area contributed by atoms with E-state index < -0.39 is 0 Å². The van der Waals surface area contributed by atoms with Crippen molar-refractivity contribution in [2.24, 2.45) is 16.7 Å². The van der Waals surface area contributed by atoms with Crippen LogP contribution in [0.4, 0.5) is 0 Å². The summed E-state index contributed by atoms with van der Waals surface area (Å²) in [7, 11) is 0.